The molecule has 1 aliphatic rings. The van der Waals surface area contributed by atoms with E-state index in [0.717, 1.165) is 30.9 Å². The van der Waals surface area contributed by atoms with E-state index in [2.05, 4.69) is 15.5 Å². The van der Waals surface area contributed by atoms with Gasteiger partial charge >= 0.3 is 6.03 Å². The van der Waals surface area contributed by atoms with E-state index in [1.54, 1.807) is 13.2 Å². The molecule has 1 saturated heterocycles. The lowest BCUT2D eigenvalue weighted by Crippen LogP contribution is -2.42. The van der Waals surface area contributed by atoms with Gasteiger partial charge in [0, 0.05) is 37.8 Å². The summed E-state index contributed by atoms with van der Waals surface area (Å²) in [5.74, 6) is 1.80. The Bertz CT molecular complexity index is 785. The zero-order valence-corrected chi connectivity index (χ0v) is 14.6. The molecule has 1 aliphatic heterocycles. The van der Waals surface area contributed by atoms with Crippen LogP contribution >= 0.6 is 12.2 Å². The van der Waals surface area contributed by atoms with Gasteiger partial charge in [0.2, 0.25) is 0 Å². The van der Waals surface area contributed by atoms with Gasteiger partial charge in [0.25, 0.3) is 0 Å². The van der Waals surface area contributed by atoms with E-state index in [4.69, 9.17) is 17.0 Å². The van der Waals surface area contributed by atoms with Crippen LogP contribution in [0.3, 0.4) is 0 Å². The summed E-state index contributed by atoms with van der Waals surface area (Å²) in [6.07, 6.45) is 1.94. The minimum absolute atomic E-state index is 0.107. The lowest BCUT2D eigenvalue weighted by atomic mass is 9.97. The molecule has 8 heteroatoms. The molecule has 3 rings (SSSR count). The molecule has 0 bridgehead atoms. The number of nitrogens with zero attached hydrogens (tertiary/aromatic N) is 3. The smallest absolute Gasteiger partial charge is 0.321 e. The summed E-state index contributed by atoms with van der Waals surface area (Å²) in [7, 11) is 3.50. The molecule has 2 amide bonds. The second-order valence-electron chi connectivity index (χ2n) is 5.89. The number of hydrogen-bond acceptors (Lipinski definition) is 4. The van der Waals surface area contributed by atoms with Gasteiger partial charge in [0.05, 0.1) is 7.11 Å². The van der Waals surface area contributed by atoms with Crippen molar-refractivity contribution in [1.82, 2.24) is 19.7 Å². The van der Waals surface area contributed by atoms with Crippen molar-refractivity contribution in [2.45, 2.75) is 18.8 Å². The van der Waals surface area contributed by atoms with Crippen molar-refractivity contribution in [3.63, 3.8) is 0 Å². The summed E-state index contributed by atoms with van der Waals surface area (Å²) in [5.41, 5.74) is 0.722. The second-order valence-corrected chi connectivity index (χ2v) is 6.28. The quantitative estimate of drug-likeness (QED) is 0.837. The molecule has 0 radical (unpaired) electrons. The van der Waals surface area contributed by atoms with E-state index in [-0.39, 0.29) is 11.9 Å². The minimum atomic E-state index is -0.107. The van der Waals surface area contributed by atoms with Crippen LogP contribution in [-0.4, -0.2) is 45.9 Å². The van der Waals surface area contributed by atoms with E-state index < -0.39 is 0 Å². The summed E-state index contributed by atoms with van der Waals surface area (Å²) in [6, 6.07) is 7.23. The Morgan fingerprint density at radius 3 is 3.04 bits per heavy atom. The van der Waals surface area contributed by atoms with Crippen LogP contribution in [0.4, 0.5) is 10.5 Å². The van der Waals surface area contributed by atoms with Crippen LogP contribution in [-0.2, 0) is 7.05 Å². The molecular formula is C16H21N5O2S. The molecule has 0 aliphatic carbocycles. The number of aromatic amines is 1. The zero-order valence-electron chi connectivity index (χ0n) is 13.8. The van der Waals surface area contributed by atoms with Gasteiger partial charge in [0.15, 0.2) is 4.77 Å². The maximum Gasteiger partial charge on any atom is 0.321 e. The predicted octanol–water partition coefficient (Wildman–Crippen LogP) is 2.90. The fourth-order valence-corrected chi connectivity index (χ4v) is 3.14. The zero-order chi connectivity index (χ0) is 17.1. The van der Waals surface area contributed by atoms with Gasteiger partial charge in [-0.05, 0) is 37.2 Å². The lowest BCUT2D eigenvalue weighted by Gasteiger charge is -2.32. The molecule has 1 aromatic heterocycles. The van der Waals surface area contributed by atoms with Gasteiger partial charge < -0.3 is 19.5 Å². The third-order valence-electron chi connectivity index (χ3n) is 4.31. The first-order chi connectivity index (χ1) is 11.6. The van der Waals surface area contributed by atoms with Crippen molar-refractivity contribution >= 4 is 23.9 Å². The number of nitrogens with one attached hydrogen (secondary N) is 2. The predicted molar refractivity (Wildman–Crippen MR) is 94.0 cm³/mol. The number of anilines is 1. The third kappa shape index (κ3) is 3.43. The standard InChI is InChI=1S/C16H21N5O2S/c1-20-14(18-19-16(20)24)11-5-4-8-21(10-11)15(22)17-12-6-3-7-13(9-12)23-2/h3,6-7,9,11H,4-5,8,10H2,1-2H3,(H,17,22)(H,19,24)/t11-/m1/s1. The number of ether oxygens (including phenoxy) is 1. The van der Waals surface area contributed by atoms with Gasteiger partial charge in [0.1, 0.15) is 11.6 Å². The molecule has 1 atom stereocenters. The Kier molecular flexibility index (Phi) is 4.84. The third-order valence-corrected chi connectivity index (χ3v) is 4.67. The van der Waals surface area contributed by atoms with Crippen molar-refractivity contribution in [2.75, 3.05) is 25.5 Å². The molecule has 1 fully saturated rings. The van der Waals surface area contributed by atoms with Crippen LogP contribution in [0.25, 0.3) is 0 Å². The summed E-state index contributed by atoms with van der Waals surface area (Å²) in [5, 5.41) is 10.1. The molecule has 128 valence electrons. The average molecular weight is 347 g/mol. The van der Waals surface area contributed by atoms with Crippen molar-refractivity contribution in [2.24, 2.45) is 7.05 Å². The number of H-pyrrole nitrogens is 1. The van der Waals surface area contributed by atoms with E-state index in [0.29, 0.717) is 17.1 Å². The molecule has 2 heterocycles. The Morgan fingerprint density at radius 2 is 2.33 bits per heavy atom. The summed E-state index contributed by atoms with van der Waals surface area (Å²) in [4.78, 5) is 14.4. The van der Waals surface area contributed by atoms with Gasteiger partial charge in [-0.15, -0.1) is 0 Å². The van der Waals surface area contributed by atoms with Gasteiger partial charge in [-0.1, -0.05) is 6.07 Å². The SMILES string of the molecule is COc1cccc(NC(=O)N2CCC[C@@H](c3n[nH]c(=S)n3C)C2)c1. The first-order valence-electron chi connectivity index (χ1n) is 7.89. The van der Waals surface area contributed by atoms with Crippen molar-refractivity contribution in [1.29, 1.82) is 0 Å². The van der Waals surface area contributed by atoms with Gasteiger partial charge in [-0.3, -0.25) is 5.10 Å². The number of likely N-dealkylation sites (tertiary alicyclic amines) is 1. The highest BCUT2D eigenvalue weighted by Gasteiger charge is 2.27. The normalized spacial score (nSPS) is 17.6. The molecule has 0 saturated carbocycles. The summed E-state index contributed by atoms with van der Waals surface area (Å²) < 4.78 is 7.66. The molecule has 0 spiro atoms. The highest BCUT2D eigenvalue weighted by molar-refractivity contribution is 7.71. The number of hydrogen-bond donors (Lipinski definition) is 2. The Hall–Kier alpha value is -2.35. The molecule has 2 aromatic rings. The number of aromatic nitrogens is 3. The highest BCUT2D eigenvalue weighted by Crippen LogP contribution is 2.26. The Morgan fingerprint density at radius 1 is 1.50 bits per heavy atom. The molecular weight excluding hydrogens is 326 g/mol. The van der Waals surface area contributed by atoms with E-state index in [1.165, 1.54) is 0 Å². The minimum Gasteiger partial charge on any atom is -0.497 e. The van der Waals surface area contributed by atoms with E-state index in [9.17, 15) is 4.79 Å². The van der Waals surface area contributed by atoms with Gasteiger partial charge in [-0.25, -0.2) is 4.79 Å². The largest absolute Gasteiger partial charge is 0.497 e. The number of piperidine rings is 1. The van der Waals surface area contributed by atoms with Crippen molar-refractivity contribution < 1.29 is 9.53 Å². The number of methoxy groups -OCH3 is 1. The first-order valence-corrected chi connectivity index (χ1v) is 8.30. The average Bonchev–Trinajstić information content (AvgIpc) is 2.94. The van der Waals surface area contributed by atoms with Gasteiger partial charge in [-0.2, -0.15) is 5.10 Å². The highest BCUT2D eigenvalue weighted by atomic mass is 32.1. The van der Waals surface area contributed by atoms with Crippen LogP contribution in [0.2, 0.25) is 0 Å². The monoisotopic (exact) mass is 347 g/mol. The lowest BCUT2D eigenvalue weighted by molar-refractivity contribution is 0.190. The summed E-state index contributed by atoms with van der Waals surface area (Å²) in [6.45, 7) is 1.37. The van der Waals surface area contributed by atoms with Crippen molar-refractivity contribution in [3.8, 4) is 5.75 Å². The van der Waals surface area contributed by atoms with Crippen LogP contribution < -0.4 is 10.1 Å². The number of amides is 2. The number of benzene rings is 1. The molecule has 24 heavy (non-hydrogen) atoms. The topological polar surface area (TPSA) is 75.2 Å². The molecule has 7 nitrogen and oxygen atoms in total. The molecule has 0 unspecified atom stereocenters. The fourth-order valence-electron chi connectivity index (χ4n) is 3.00. The van der Waals surface area contributed by atoms with Crippen molar-refractivity contribution in [3.05, 3.63) is 34.9 Å². The fraction of sp³-hybridized carbons (Fsp3) is 0.438. The first kappa shape index (κ1) is 16.5. The maximum atomic E-state index is 12.6. The van der Waals surface area contributed by atoms with Crippen LogP contribution in [0.5, 0.6) is 5.75 Å². The Labute approximate surface area is 145 Å². The van der Waals surface area contributed by atoms with Crippen LogP contribution in [0.1, 0.15) is 24.6 Å². The van der Waals surface area contributed by atoms with Crippen LogP contribution in [0, 0.1) is 4.77 Å². The van der Waals surface area contributed by atoms with Crippen LogP contribution in [0.15, 0.2) is 24.3 Å². The number of urea groups is 1. The summed E-state index contributed by atoms with van der Waals surface area (Å²) >= 11 is 5.17. The van der Waals surface area contributed by atoms with E-state index in [1.807, 2.05) is 34.7 Å². The second kappa shape index (κ2) is 7.04. The number of rotatable bonds is 3. The molecule has 1 aromatic carbocycles. The van der Waals surface area contributed by atoms with E-state index >= 15 is 0 Å². The Balaban J connectivity index is 1.68. The molecule has 2 N–H and O–H groups in total. The number of carbonyl (C=O) groups is 1. The number of carbonyl (C=O) groups excluding carboxylic acids is 1. The maximum absolute atomic E-state index is 12.6.